The Bertz CT molecular complexity index is 1400. The molecular weight excluding hydrogens is 528 g/mol. The van der Waals surface area contributed by atoms with Crippen molar-refractivity contribution >= 4 is 17.5 Å². The Morgan fingerprint density at radius 2 is 1.62 bits per heavy atom. The van der Waals surface area contributed by atoms with Crippen LogP contribution in [-0.4, -0.2) is 86.5 Å². The Balaban J connectivity index is 1.34. The van der Waals surface area contributed by atoms with E-state index in [-0.39, 0.29) is 35.1 Å². The number of aliphatic hydroxyl groups excluding tert-OH is 1. The van der Waals surface area contributed by atoms with Crippen LogP contribution in [0.3, 0.4) is 0 Å². The number of Topliss-reactive ketones (excluding diaryl/α,β-unsaturated/α-hetero) is 2. The van der Waals surface area contributed by atoms with Crippen LogP contribution in [0, 0.1) is 0 Å². The number of ether oxygens (including phenoxy) is 5. The largest absolute Gasteiger partial charge is 0.507 e. The zero-order valence-electron chi connectivity index (χ0n) is 22.1. The smallest absolute Gasteiger partial charge is 0.309 e. The molecule has 0 amide bonds. The van der Waals surface area contributed by atoms with Gasteiger partial charge in [-0.25, -0.2) is 0 Å². The summed E-state index contributed by atoms with van der Waals surface area (Å²) in [7, 11) is 0. The van der Waals surface area contributed by atoms with Crippen LogP contribution in [-0.2, 0) is 28.5 Å². The van der Waals surface area contributed by atoms with Crippen molar-refractivity contribution in [2.45, 2.75) is 107 Å². The molecule has 4 N–H and O–H groups in total. The molecule has 5 aliphatic heterocycles. The molecule has 40 heavy (non-hydrogen) atoms. The van der Waals surface area contributed by atoms with Gasteiger partial charge in [-0.1, -0.05) is 0 Å². The van der Waals surface area contributed by atoms with Gasteiger partial charge in [0, 0.05) is 35.1 Å². The van der Waals surface area contributed by atoms with Gasteiger partial charge in [-0.3, -0.25) is 14.4 Å². The van der Waals surface area contributed by atoms with Crippen LogP contribution in [0.4, 0.5) is 0 Å². The van der Waals surface area contributed by atoms with E-state index in [1.165, 1.54) is 0 Å². The molecule has 1 aromatic rings. The van der Waals surface area contributed by atoms with Gasteiger partial charge in [-0.05, 0) is 27.2 Å². The third-order valence-electron chi connectivity index (χ3n) is 9.31. The first-order valence-corrected chi connectivity index (χ1v) is 13.6. The second-order valence-electron chi connectivity index (χ2n) is 11.5. The maximum atomic E-state index is 14.2. The first kappa shape index (κ1) is 26.1. The Morgan fingerprint density at radius 1 is 0.925 bits per heavy atom. The molecule has 0 unspecified atom stereocenters. The lowest BCUT2D eigenvalue weighted by Gasteiger charge is -2.54. The van der Waals surface area contributed by atoms with E-state index < -0.39 is 101 Å². The van der Waals surface area contributed by atoms with Crippen molar-refractivity contribution in [3.8, 4) is 11.5 Å². The number of carbonyl (C=O) groups excluding carboxylic acids is 3. The van der Waals surface area contributed by atoms with Gasteiger partial charge in [0.05, 0.1) is 54.2 Å². The normalized spacial score (nSPS) is 41.8. The second-order valence-corrected chi connectivity index (χ2v) is 11.5. The molecule has 1 aromatic carbocycles. The summed E-state index contributed by atoms with van der Waals surface area (Å²) >= 11 is 0. The van der Waals surface area contributed by atoms with Crippen molar-refractivity contribution in [2.75, 3.05) is 0 Å². The molecule has 2 bridgehead atoms. The molecule has 0 saturated carbocycles. The van der Waals surface area contributed by atoms with Crippen LogP contribution in [0.2, 0.25) is 0 Å². The molecule has 12 nitrogen and oxygen atoms in total. The summed E-state index contributed by atoms with van der Waals surface area (Å²) in [6.07, 6.45) is -6.58. The van der Waals surface area contributed by atoms with Gasteiger partial charge >= 0.3 is 5.97 Å². The number of benzene rings is 1. The van der Waals surface area contributed by atoms with Gasteiger partial charge in [-0.15, -0.1) is 0 Å². The predicted octanol–water partition coefficient (Wildman–Crippen LogP) is 1.41. The number of carbonyl (C=O) groups is 3. The van der Waals surface area contributed by atoms with Crippen molar-refractivity contribution in [3.63, 3.8) is 0 Å². The van der Waals surface area contributed by atoms with Crippen molar-refractivity contribution < 1.29 is 58.5 Å². The van der Waals surface area contributed by atoms with Crippen molar-refractivity contribution in [3.05, 3.63) is 33.4 Å². The molecule has 3 saturated heterocycles. The van der Waals surface area contributed by atoms with E-state index in [0.29, 0.717) is 12.8 Å². The maximum absolute atomic E-state index is 14.2. The van der Waals surface area contributed by atoms with E-state index in [4.69, 9.17) is 23.7 Å². The third kappa shape index (κ3) is 3.25. The zero-order valence-corrected chi connectivity index (χ0v) is 22.1. The fourth-order valence-electron chi connectivity index (χ4n) is 7.31. The van der Waals surface area contributed by atoms with Gasteiger partial charge in [-0.2, -0.15) is 0 Å². The summed E-state index contributed by atoms with van der Waals surface area (Å²) in [5.74, 6) is -3.28. The lowest BCUT2D eigenvalue weighted by Crippen LogP contribution is -2.67. The SMILES string of the molecule is C[C@@H]1O[C@H]2CC(=O)O[C@H]2c2c(O)c3c(c(O)c21)C(=O)C1=C(C3=O)[C@H]2C[C@@H](O[C@H]3CC[C@H](O)[C@H](C)O3)[C@@]1(O)[C@H](C)O2. The molecule has 8 rings (SSSR count). The van der Waals surface area contributed by atoms with Crippen LogP contribution in [0.15, 0.2) is 11.1 Å². The topological polar surface area (TPSA) is 178 Å². The number of hydrogen-bond donors (Lipinski definition) is 4. The second kappa shape index (κ2) is 8.57. The summed E-state index contributed by atoms with van der Waals surface area (Å²) in [6.45, 7) is 4.88. The molecular formula is C28H30O12. The number of rotatable bonds is 2. The molecule has 0 radical (unpaired) electrons. The minimum Gasteiger partial charge on any atom is -0.507 e. The van der Waals surface area contributed by atoms with Crippen LogP contribution in [0.1, 0.15) is 90.5 Å². The first-order valence-electron chi connectivity index (χ1n) is 13.6. The summed E-state index contributed by atoms with van der Waals surface area (Å²) in [6, 6.07) is 0. The number of phenolic OH excluding ortho intramolecular Hbond substituents is 2. The number of aromatic hydroxyl groups is 2. The predicted molar refractivity (Wildman–Crippen MR) is 131 cm³/mol. The Morgan fingerprint density at radius 3 is 2.35 bits per heavy atom. The fourth-order valence-corrected chi connectivity index (χ4v) is 7.31. The highest BCUT2D eigenvalue weighted by Gasteiger charge is 2.64. The highest BCUT2D eigenvalue weighted by atomic mass is 16.7. The number of ketones is 2. The van der Waals surface area contributed by atoms with Crippen LogP contribution < -0.4 is 0 Å². The quantitative estimate of drug-likeness (QED) is 0.303. The van der Waals surface area contributed by atoms with E-state index in [1.807, 2.05) is 0 Å². The van der Waals surface area contributed by atoms with Crippen molar-refractivity contribution in [1.82, 2.24) is 0 Å². The molecule has 7 aliphatic rings. The minimum absolute atomic E-state index is 0.0374. The highest BCUT2D eigenvalue weighted by molar-refractivity contribution is 6.30. The average molecular weight is 559 g/mol. The number of fused-ring (bicyclic) bond motifs is 6. The first-order chi connectivity index (χ1) is 18.9. The third-order valence-corrected chi connectivity index (χ3v) is 9.31. The molecule has 2 aliphatic carbocycles. The van der Waals surface area contributed by atoms with Crippen molar-refractivity contribution in [1.29, 1.82) is 0 Å². The highest BCUT2D eigenvalue weighted by Crippen LogP contribution is 2.57. The van der Waals surface area contributed by atoms with Gasteiger partial charge in [0.25, 0.3) is 0 Å². The molecule has 5 heterocycles. The number of esters is 1. The lowest BCUT2D eigenvalue weighted by atomic mass is 9.63. The molecule has 0 aromatic heterocycles. The summed E-state index contributed by atoms with van der Waals surface area (Å²) in [4.78, 5) is 40.2. The Kier molecular flexibility index (Phi) is 5.58. The van der Waals surface area contributed by atoms with E-state index in [9.17, 15) is 34.8 Å². The molecule has 0 spiro atoms. The zero-order chi connectivity index (χ0) is 28.4. The van der Waals surface area contributed by atoms with Gasteiger partial charge < -0.3 is 44.1 Å². The lowest BCUT2D eigenvalue weighted by molar-refractivity contribution is -0.291. The van der Waals surface area contributed by atoms with Gasteiger partial charge in [0.1, 0.15) is 23.2 Å². The van der Waals surface area contributed by atoms with E-state index >= 15 is 0 Å². The molecule has 214 valence electrons. The maximum Gasteiger partial charge on any atom is 0.309 e. The Labute approximate surface area is 228 Å². The Hall–Kier alpha value is -2.87. The monoisotopic (exact) mass is 558 g/mol. The van der Waals surface area contributed by atoms with E-state index in [2.05, 4.69) is 0 Å². The number of hydrogen-bond acceptors (Lipinski definition) is 12. The van der Waals surface area contributed by atoms with Gasteiger partial charge in [0.2, 0.25) is 0 Å². The molecule has 12 heteroatoms. The standard InChI is InChI=1S/C28H30O12/c1-8-11(29)4-5-16(37-8)39-14-6-12-18-22(28(14,35)10(3)38-12)26(34)20-19(24(18)32)25(33)21-17(23(20)31)9(2)36-13-7-15(30)40-27(13)21/h8-14,16,27,29,31,33,35H,4-7H2,1-3H3/t8-,9-,10-,11-,12+,13-,14+,16-,27+,28-/m0/s1. The summed E-state index contributed by atoms with van der Waals surface area (Å²) in [5.41, 5.74) is -3.18. The van der Waals surface area contributed by atoms with E-state index in [0.717, 1.165) is 0 Å². The van der Waals surface area contributed by atoms with Crippen LogP contribution in [0.5, 0.6) is 11.5 Å². The number of phenols is 2. The number of aliphatic hydroxyl groups is 2. The van der Waals surface area contributed by atoms with Crippen LogP contribution >= 0.6 is 0 Å². The summed E-state index contributed by atoms with van der Waals surface area (Å²) < 4.78 is 29.1. The van der Waals surface area contributed by atoms with Crippen molar-refractivity contribution in [2.24, 2.45) is 0 Å². The molecule has 3 fully saturated rings. The summed E-state index contributed by atoms with van der Waals surface area (Å²) in [5, 5.41) is 44.9. The van der Waals surface area contributed by atoms with E-state index in [1.54, 1.807) is 20.8 Å². The fraction of sp³-hybridized carbons (Fsp3) is 0.607. The van der Waals surface area contributed by atoms with Gasteiger partial charge in [0.15, 0.2) is 24.0 Å². The minimum atomic E-state index is -2.07. The van der Waals surface area contributed by atoms with Crippen LogP contribution in [0.25, 0.3) is 0 Å². The molecule has 10 atom stereocenters. The average Bonchev–Trinajstić information content (AvgIpc) is 3.26.